The van der Waals surface area contributed by atoms with Crippen molar-refractivity contribution in [2.24, 2.45) is 0 Å². The number of aromatic nitrogens is 2. The lowest BCUT2D eigenvalue weighted by molar-refractivity contribution is 0.581. The van der Waals surface area contributed by atoms with Crippen LogP contribution in [-0.2, 0) is 16.4 Å². The first-order valence-corrected chi connectivity index (χ1v) is 10.8. The van der Waals surface area contributed by atoms with E-state index >= 15 is 0 Å². The second-order valence-electron chi connectivity index (χ2n) is 6.13. The van der Waals surface area contributed by atoms with Gasteiger partial charge in [0.2, 0.25) is 10.0 Å². The Morgan fingerprint density at radius 2 is 1.85 bits per heavy atom. The van der Waals surface area contributed by atoms with E-state index in [-0.39, 0.29) is 0 Å². The summed E-state index contributed by atoms with van der Waals surface area (Å²) in [5.74, 6) is 0. The maximum atomic E-state index is 12.9. The number of benzene rings is 1. The third-order valence-corrected chi connectivity index (χ3v) is 7.09. The van der Waals surface area contributed by atoms with Gasteiger partial charge in [0, 0.05) is 32.6 Å². The van der Waals surface area contributed by atoms with Gasteiger partial charge in [0.15, 0.2) is 0 Å². The average molecular weight is 410 g/mol. The van der Waals surface area contributed by atoms with Crippen molar-refractivity contribution in [3.8, 4) is 11.3 Å². The lowest BCUT2D eigenvalue weighted by Gasteiger charge is -2.09. The molecule has 2 aromatic heterocycles. The van der Waals surface area contributed by atoms with E-state index in [1.807, 2.05) is 39.0 Å². The predicted octanol–water partition coefficient (Wildman–Crippen LogP) is 4.24. The normalized spacial score (nSPS) is 11.8. The Kier molecular flexibility index (Phi) is 5.53. The topological polar surface area (TPSA) is 74.8 Å². The zero-order valence-electron chi connectivity index (χ0n) is 14.8. The van der Waals surface area contributed by atoms with E-state index in [4.69, 9.17) is 11.6 Å². The predicted molar refractivity (Wildman–Crippen MR) is 106 cm³/mol. The van der Waals surface area contributed by atoms with E-state index in [2.05, 4.69) is 14.9 Å². The molecule has 0 saturated heterocycles. The molecule has 0 bridgehead atoms. The number of sulfonamides is 1. The highest BCUT2D eigenvalue weighted by atomic mass is 35.5. The first kappa shape index (κ1) is 19.1. The van der Waals surface area contributed by atoms with E-state index in [9.17, 15) is 8.42 Å². The number of rotatable bonds is 6. The standard InChI is InChI=1S/C18H20ClN3O2S2/c1-11-10-16(22-21-11)17-12(2)25-13(3)18(17)26(23,24)20-9-8-14-4-6-15(19)7-5-14/h4-7,10,20H,8-9H2,1-3H3,(H,21,22). The highest BCUT2D eigenvalue weighted by Crippen LogP contribution is 2.38. The van der Waals surface area contributed by atoms with Gasteiger partial charge in [-0.25, -0.2) is 13.1 Å². The van der Waals surface area contributed by atoms with Crippen LogP contribution < -0.4 is 4.72 Å². The fraction of sp³-hybridized carbons (Fsp3) is 0.278. The Morgan fingerprint density at radius 3 is 2.46 bits per heavy atom. The average Bonchev–Trinajstić information content (AvgIpc) is 3.12. The molecule has 8 heteroatoms. The van der Waals surface area contributed by atoms with Crippen LogP contribution in [0.3, 0.4) is 0 Å². The van der Waals surface area contributed by atoms with Crippen LogP contribution in [-0.4, -0.2) is 25.2 Å². The molecular formula is C18H20ClN3O2S2. The van der Waals surface area contributed by atoms with Crippen molar-refractivity contribution in [2.45, 2.75) is 32.1 Å². The molecular weight excluding hydrogens is 390 g/mol. The minimum absolute atomic E-state index is 0.317. The van der Waals surface area contributed by atoms with E-state index in [0.29, 0.717) is 34.1 Å². The molecule has 0 fully saturated rings. The molecule has 2 heterocycles. The van der Waals surface area contributed by atoms with Gasteiger partial charge in [-0.2, -0.15) is 5.10 Å². The van der Waals surface area contributed by atoms with Crippen LogP contribution >= 0.6 is 22.9 Å². The summed E-state index contributed by atoms with van der Waals surface area (Å²) in [6.07, 6.45) is 0.593. The molecule has 0 radical (unpaired) electrons. The number of aromatic amines is 1. The first-order valence-electron chi connectivity index (χ1n) is 8.14. The fourth-order valence-corrected chi connectivity index (χ4v) is 5.91. The summed E-state index contributed by atoms with van der Waals surface area (Å²) in [5, 5.41) is 7.79. The van der Waals surface area contributed by atoms with Gasteiger partial charge in [-0.1, -0.05) is 23.7 Å². The molecule has 1 aromatic carbocycles. The molecule has 2 N–H and O–H groups in total. The van der Waals surface area contributed by atoms with Gasteiger partial charge in [-0.05, 0) is 51.0 Å². The first-order chi connectivity index (χ1) is 12.3. The highest BCUT2D eigenvalue weighted by Gasteiger charge is 2.27. The van der Waals surface area contributed by atoms with E-state index in [1.54, 1.807) is 12.1 Å². The Morgan fingerprint density at radius 1 is 1.15 bits per heavy atom. The number of thiophene rings is 1. The van der Waals surface area contributed by atoms with Crippen LogP contribution in [0.5, 0.6) is 0 Å². The van der Waals surface area contributed by atoms with Crippen LogP contribution in [0.1, 0.15) is 21.0 Å². The zero-order valence-corrected chi connectivity index (χ0v) is 17.1. The van der Waals surface area contributed by atoms with E-state index < -0.39 is 10.0 Å². The third-order valence-electron chi connectivity index (χ3n) is 4.05. The van der Waals surface area contributed by atoms with Crippen molar-refractivity contribution in [1.29, 1.82) is 0 Å². The highest BCUT2D eigenvalue weighted by molar-refractivity contribution is 7.89. The van der Waals surface area contributed by atoms with Gasteiger partial charge in [0.1, 0.15) is 4.90 Å². The minimum Gasteiger partial charge on any atom is -0.282 e. The molecule has 0 spiro atoms. The summed E-state index contributed by atoms with van der Waals surface area (Å²) in [6, 6.07) is 9.26. The minimum atomic E-state index is -3.64. The molecule has 0 aliphatic carbocycles. The molecule has 3 aromatic rings. The largest absolute Gasteiger partial charge is 0.282 e. The summed E-state index contributed by atoms with van der Waals surface area (Å²) in [5.41, 5.74) is 3.25. The van der Waals surface area contributed by atoms with E-state index in [1.165, 1.54) is 11.3 Å². The Balaban J connectivity index is 1.84. The molecule has 0 amide bonds. The number of nitrogens with one attached hydrogen (secondary N) is 2. The van der Waals surface area contributed by atoms with Gasteiger partial charge in [0.25, 0.3) is 0 Å². The summed E-state index contributed by atoms with van der Waals surface area (Å²) < 4.78 is 28.6. The number of H-pyrrole nitrogens is 1. The third kappa shape index (κ3) is 4.01. The molecule has 3 rings (SSSR count). The monoisotopic (exact) mass is 409 g/mol. The Bertz CT molecular complexity index is 1020. The van der Waals surface area contributed by atoms with Gasteiger partial charge < -0.3 is 0 Å². The van der Waals surface area contributed by atoms with Crippen LogP contribution in [0, 0.1) is 20.8 Å². The number of aryl methyl sites for hydroxylation is 3. The molecule has 26 heavy (non-hydrogen) atoms. The van der Waals surface area contributed by atoms with Crippen molar-refractivity contribution < 1.29 is 8.42 Å². The van der Waals surface area contributed by atoms with Crippen LogP contribution in [0.25, 0.3) is 11.3 Å². The molecule has 0 saturated carbocycles. The van der Waals surface area contributed by atoms with Crippen molar-refractivity contribution in [2.75, 3.05) is 6.54 Å². The summed E-state index contributed by atoms with van der Waals surface area (Å²) >= 11 is 7.35. The quantitative estimate of drug-likeness (QED) is 0.639. The lowest BCUT2D eigenvalue weighted by Crippen LogP contribution is -2.26. The number of hydrogen-bond acceptors (Lipinski definition) is 4. The number of hydrogen-bond donors (Lipinski definition) is 2. The molecule has 138 valence electrons. The SMILES string of the molecule is Cc1cc(-c2c(C)sc(C)c2S(=O)(=O)NCCc2ccc(Cl)cc2)n[nH]1. The van der Waals surface area contributed by atoms with Gasteiger partial charge in [0.05, 0.1) is 5.69 Å². The molecule has 0 aliphatic rings. The van der Waals surface area contributed by atoms with Crippen molar-refractivity contribution >= 4 is 33.0 Å². The molecule has 5 nitrogen and oxygen atoms in total. The maximum absolute atomic E-state index is 12.9. The van der Waals surface area contributed by atoms with Gasteiger partial charge in [-0.15, -0.1) is 11.3 Å². The number of halogens is 1. The van der Waals surface area contributed by atoms with Crippen molar-refractivity contribution in [3.05, 3.63) is 56.4 Å². The Labute approximate surface area is 162 Å². The van der Waals surface area contributed by atoms with E-state index in [0.717, 1.165) is 21.0 Å². The summed E-state index contributed by atoms with van der Waals surface area (Å²) in [7, 11) is -3.64. The second kappa shape index (κ2) is 7.52. The van der Waals surface area contributed by atoms with Crippen molar-refractivity contribution in [1.82, 2.24) is 14.9 Å². The molecule has 0 atom stereocenters. The summed E-state index contributed by atoms with van der Waals surface area (Å²) in [4.78, 5) is 2.02. The smallest absolute Gasteiger partial charge is 0.242 e. The fourth-order valence-electron chi connectivity index (χ4n) is 2.88. The maximum Gasteiger partial charge on any atom is 0.242 e. The van der Waals surface area contributed by atoms with Crippen LogP contribution in [0.2, 0.25) is 5.02 Å². The van der Waals surface area contributed by atoms with Crippen molar-refractivity contribution in [3.63, 3.8) is 0 Å². The lowest BCUT2D eigenvalue weighted by atomic mass is 10.2. The zero-order chi connectivity index (χ0) is 18.9. The van der Waals surface area contributed by atoms with Crippen LogP contribution in [0.4, 0.5) is 0 Å². The van der Waals surface area contributed by atoms with Crippen LogP contribution in [0.15, 0.2) is 35.2 Å². The second-order valence-corrected chi connectivity index (χ2v) is 9.70. The summed E-state index contributed by atoms with van der Waals surface area (Å²) in [6.45, 7) is 5.96. The Hall–Kier alpha value is -1.67. The van der Waals surface area contributed by atoms with Gasteiger partial charge >= 0.3 is 0 Å². The number of nitrogens with zero attached hydrogens (tertiary/aromatic N) is 1. The molecule has 0 unspecified atom stereocenters. The molecule has 0 aliphatic heterocycles. The van der Waals surface area contributed by atoms with Gasteiger partial charge in [-0.3, -0.25) is 5.10 Å².